The summed E-state index contributed by atoms with van der Waals surface area (Å²) in [7, 11) is 0. The first-order valence-electron chi connectivity index (χ1n) is 12.9. The van der Waals surface area contributed by atoms with Gasteiger partial charge in [0.05, 0.1) is 11.4 Å². The molecule has 1 N–H and O–H groups in total. The molecule has 2 aromatic carbocycles. The average molecular weight is 464 g/mol. The van der Waals surface area contributed by atoms with Gasteiger partial charge in [0.25, 0.3) is 0 Å². The van der Waals surface area contributed by atoms with E-state index in [9.17, 15) is 4.79 Å². The Labute approximate surface area is 205 Å². The molecule has 34 heavy (non-hydrogen) atoms. The molecule has 0 saturated carbocycles. The fourth-order valence-corrected chi connectivity index (χ4v) is 5.24. The number of nitrogens with one attached hydrogen (secondary N) is 1. The van der Waals surface area contributed by atoms with Crippen molar-refractivity contribution < 1.29 is 4.79 Å². The van der Waals surface area contributed by atoms with E-state index in [4.69, 9.17) is 0 Å². The Bertz CT molecular complexity index is 929. The third-order valence-electron chi connectivity index (χ3n) is 7.37. The Morgan fingerprint density at radius 2 is 1.26 bits per heavy atom. The average Bonchev–Trinajstić information content (AvgIpc) is 2.87. The molecule has 184 valence electrons. The van der Waals surface area contributed by atoms with E-state index in [-0.39, 0.29) is 0 Å². The monoisotopic (exact) mass is 463 g/mol. The normalized spacial score (nSPS) is 18.1. The summed E-state index contributed by atoms with van der Waals surface area (Å²) in [6.45, 7) is 17.9. The van der Waals surface area contributed by atoms with Crippen LogP contribution in [0.5, 0.6) is 0 Å². The Kier molecular flexibility index (Phi) is 8.11. The number of hydrogen-bond donors (Lipinski definition) is 1. The van der Waals surface area contributed by atoms with Gasteiger partial charge in [0, 0.05) is 82.2 Å². The summed E-state index contributed by atoms with van der Waals surface area (Å²) in [5, 5.41) is 3.60. The van der Waals surface area contributed by atoms with Crippen molar-refractivity contribution in [3.05, 3.63) is 53.6 Å². The Hall–Kier alpha value is -2.57. The molecule has 0 amide bonds. The van der Waals surface area contributed by atoms with E-state index < -0.39 is 0 Å². The largest absolute Gasteiger partial charge is 0.381 e. The molecule has 0 spiro atoms. The van der Waals surface area contributed by atoms with Gasteiger partial charge < -0.3 is 15.1 Å². The van der Waals surface area contributed by atoms with E-state index in [2.05, 4.69) is 82.9 Å². The van der Waals surface area contributed by atoms with Crippen molar-refractivity contribution in [1.82, 2.24) is 9.80 Å². The standard InChI is InChI=1S/C28H41N5O/c1-22(2)30-12-16-32(17-13-30)27-24(20-29-26-8-6-5-7-9-26)10-11-25(21-34)28(27)33-18-14-31(15-19-33)23(3)4/h5-11,21-23,29H,12-20H2,1-4H3. The van der Waals surface area contributed by atoms with E-state index in [1.54, 1.807) is 0 Å². The molecule has 2 aliphatic heterocycles. The number of aldehydes is 1. The van der Waals surface area contributed by atoms with Gasteiger partial charge in [0.15, 0.2) is 6.29 Å². The maximum Gasteiger partial charge on any atom is 0.152 e. The molecule has 2 heterocycles. The van der Waals surface area contributed by atoms with E-state index in [0.29, 0.717) is 12.1 Å². The van der Waals surface area contributed by atoms with Crippen LogP contribution in [-0.2, 0) is 6.54 Å². The molecule has 2 aliphatic rings. The minimum atomic E-state index is 0.553. The van der Waals surface area contributed by atoms with Crippen molar-refractivity contribution in [2.75, 3.05) is 67.5 Å². The topological polar surface area (TPSA) is 42.1 Å². The maximum absolute atomic E-state index is 12.2. The Balaban J connectivity index is 1.67. The molecular weight excluding hydrogens is 422 g/mol. The van der Waals surface area contributed by atoms with Crippen LogP contribution in [0.4, 0.5) is 17.1 Å². The lowest BCUT2D eigenvalue weighted by atomic mass is 10.0. The second kappa shape index (κ2) is 11.2. The van der Waals surface area contributed by atoms with Gasteiger partial charge in [-0.25, -0.2) is 0 Å². The van der Waals surface area contributed by atoms with Crippen LogP contribution in [0.3, 0.4) is 0 Å². The summed E-state index contributed by atoms with van der Waals surface area (Å²) in [6.07, 6.45) is 1.05. The number of hydrogen-bond acceptors (Lipinski definition) is 6. The lowest BCUT2D eigenvalue weighted by Gasteiger charge is -2.43. The van der Waals surface area contributed by atoms with Crippen molar-refractivity contribution in [2.45, 2.75) is 46.3 Å². The molecular formula is C28H41N5O. The highest BCUT2D eigenvalue weighted by Crippen LogP contribution is 2.38. The lowest BCUT2D eigenvalue weighted by molar-refractivity contribution is 0.112. The summed E-state index contributed by atoms with van der Waals surface area (Å²) in [5.74, 6) is 0. The first-order chi connectivity index (χ1) is 16.5. The molecule has 2 saturated heterocycles. The van der Waals surface area contributed by atoms with Crippen molar-refractivity contribution in [1.29, 1.82) is 0 Å². The molecule has 0 unspecified atom stereocenters. The molecule has 0 radical (unpaired) electrons. The first-order valence-corrected chi connectivity index (χ1v) is 12.9. The van der Waals surface area contributed by atoms with Crippen molar-refractivity contribution in [3.8, 4) is 0 Å². The molecule has 2 aromatic rings. The minimum absolute atomic E-state index is 0.553. The number of benzene rings is 2. The number of anilines is 3. The molecule has 0 atom stereocenters. The van der Waals surface area contributed by atoms with Gasteiger partial charge in [-0.1, -0.05) is 24.3 Å². The zero-order valence-corrected chi connectivity index (χ0v) is 21.3. The molecule has 2 fully saturated rings. The predicted octanol–water partition coefficient (Wildman–Crippen LogP) is 4.17. The Morgan fingerprint density at radius 1 is 0.735 bits per heavy atom. The van der Waals surface area contributed by atoms with Crippen LogP contribution in [0.25, 0.3) is 0 Å². The molecule has 6 nitrogen and oxygen atoms in total. The van der Waals surface area contributed by atoms with Gasteiger partial charge in [0.2, 0.25) is 0 Å². The number of piperazine rings is 2. The molecule has 4 rings (SSSR count). The van der Waals surface area contributed by atoms with Gasteiger partial charge in [-0.2, -0.15) is 0 Å². The summed E-state index contributed by atoms with van der Waals surface area (Å²) in [5.41, 5.74) is 5.55. The molecule has 0 aliphatic carbocycles. The first kappa shape index (κ1) is 24.6. The zero-order valence-electron chi connectivity index (χ0n) is 21.3. The maximum atomic E-state index is 12.2. The van der Waals surface area contributed by atoms with E-state index in [1.165, 1.54) is 11.3 Å². The van der Waals surface area contributed by atoms with Gasteiger partial charge in [0.1, 0.15) is 0 Å². The van der Waals surface area contributed by atoms with Crippen LogP contribution in [0.15, 0.2) is 42.5 Å². The van der Waals surface area contributed by atoms with Crippen LogP contribution < -0.4 is 15.1 Å². The van der Waals surface area contributed by atoms with Gasteiger partial charge in [-0.05, 0) is 51.5 Å². The number of carbonyl (C=O) groups excluding carboxylic acids is 1. The summed E-state index contributed by atoms with van der Waals surface area (Å²) in [4.78, 5) is 22.3. The third-order valence-corrected chi connectivity index (χ3v) is 7.37. The lowest BCUT2D eigenvalue weighted by Crippen LogP contribution is -2.51. The number of rotatable bonds is 8. The van der Waals surface area contributed by atoms with Crippen molar-refractivity contribution in [2.24, 2.45) is 0 Å². The summed E-state index contributed by atoms with van der Waals surface area (Å²) in [6, 6.07) is 15.7. The fourth-order valence-electron chi connectivity index (χ4n) is 5.24. The highest BCUT2D eigenvalue weighted by Gasteiger charge is 2.29. The van der Waals surface area contributed by atoms with Crippen LogP contribution in [-0.4, -0.2) is 80.5 Å². The minimum Gasteiger partial charge on any atom is -0.381 e. The van der Waals surface area contributed by atoms with Crippen LogP contribution in [0.2, 0.25) is 0 Å². The highest BCUT2D eigenvalue weighted by atomic mass is 16.1. The van der Waals surface area contributed by atoms with E-state index >= 15 is 0 Å². The number of nitrogens with zero attached hydrogens (tertiary/aromatic N) is 4. The second-order valence-corrected chi connectivity index (χ2v) is 10.1. The Morgan fingerprint density at radius 3 is 1.76 bits per heavy atom. The smallest absolute Gasteiger partial charge is 0.152 e. The van der Waals surface area contributed by atoms with E-state index in [1.807, 2.05) is 12.1 Å². The summed E-state index contributed by atoms with van der Waals surface area (Å²) >= 11 is 0. The van der Waals surface area contributed by atoms with Crippen molar-refractivity contribution >= 4 is 23.3 Å². The quantitative estimate of drug-likeness (QED) is 0.593. The van der Waals surface area contributed by atoms with Gasteiger partial charge >= 0.3 is 0 Å². The van der Waals surface area contributed by atoms with Gasteiger partial charge in [-0.15, -0.1) is 0 Å². The van der Waals surface area contributed by atoms with Crippen LogP contribution >= 0.6 is 0 Å². The predicted molar refractivity (Wildman–Crippen MR) is 143 cm³/mol. The molecule has 6 heteroatoms. The zero-order chi connectivity index (χ0) is 24.1. The third kappa shape index (κ3) is 5.56. The van der Waals surface area contributed by atoms with Gasteiger partial charge in [-0.3, -0.25) is 14.6 Å². The fraction of sp³-hybridized carbons (Fsp3) is 0.536. The summed E-state index contributed by atoms with van der Waals surface area (Å²) < 4.78 is 0. The second-order valence-electron chi connectivity index (χ2n) is 10.1. The van der Waals surface area contributed by atoms with Crippen molar-refractivity contribution in [3.63, 3.8) is 0 Å². The van der Waals surface area contributed by atoms with Crippen LogP contribution in [0, 0.1) is 0 Å². The number of carbonyl (C=O) groups is 1. The highest BCUT2D eigenvalue weighted by molar-refractivity contribution is 5.93. The van der Waals surface area contributed by atoms with Crippen LogP contribution in [0.1, 0.15) is 43.6 Å². The number of para-hydroxylation sites is 1. The SMILES string of the molecule is CC(C)N1CCN(c2c(C=O)ccc(CNc3ccccc3)c2N2CCN(C(C)C)CC2)CC1. The van der Waals surface area contributed by atoms with E-state index in [0.717, 1.165) is 82.1 Å². The molecule has 0 aromatic heterocycles. The molecule has 0 bridgehead atoms.